The van der Waals surface area contributed by atoms with Crippen molar-refractivity contribution in [2.75, 3.05) is 13.2 Å². The Kier molecular flexibility index (Phi) is 5.51. The summed E-state index contributed by atoms with van der Waals surface area (Å²) in [6.45, 7) is 2.01. The average Bonchev–Trinajstić information content (AvgIpc) is 2.79. The summed E-state index contributed by atoms with van der Waals surface area (Å²) in [7, 11) is 0. The molecule has 2 N–H and O–H groups in total. The van der Waals surface area contributed by atoms with Gasteiger partial charge in [-0.05, 0) is 19.1 Å². The van der Waals surface area contributed by atoms with Crippen LogP contribution in [0.5, 0.6) is 0 Å². The molecule has 0 fully saturated rings. The Labute approximate surface area is 104 Å². The lowest BCUT2D eigenvalue weighted by Gasteiger charge is -2.12. The third-order valence-electron chi connectivity index (χ3n) is 1.87. The van der Waals surface area contributed by atoms with Crippen LogP contribution >= 0.6 is 24.0 Å². The quantitative estimate of drug-likeness (QED) is 0.786. The second-order valence-electron chi connectivity index (χ2n) is 3.13. The van der Waals surface area contributed by atoms with Gasteiger partial charge in [-0.3, -0.25) is 4.79 Å². The molecule has 0 aliphatic carbocycles. The first kappa shape index (κ1) is 13.2. The minimum atomic E-state index is -0.263. The van der Waals surface area contributed by atoms with E-state index in [0.29, 0.717) is 4.32 Å². The van der Waals surface area contributed by atoms with Crippen LogP contribution in [0.4, 0.5) is 0 Å². The molecule has 0 bridgehead atoms. The highest BCUT2D eigenvalue weighted by atomic mass is 32.2. The maximum Gasteiger partial charge on any atom is 0.233 e. The Morgan fingerprint density at radius 2 is 2.19 bits per heavy atom. The summed E-state index contributed by atoms with van der Waals surface area (Å²) in [6.07, 6.45) is 3.68. The van der Waals surface area contributed by atoms with Crippen molar-refractivity contribution < 1.29 is 9.90 Å². The number of thiocarbonyl (C=S) groups is 1. The lowest BCUT2D eigenvalue weighted by Crippen LogP contribution is -2.33. The van der Waals surface area contributed by atoms with Crippen molar-refractivity contribution in [3.05, 3.63) is 24.5 Å². The highest BCUT2D eigenvalue weighted by Crippen LogP contribution is 2.14. The number of nitrogens with one attached hydrogen (secondary N) is 1. The molecule has 1 amide bonds. The van der Waals surface area contributed by atoms with Crippen LogP contribution in [-0.2, 0) is 4.79 Å². The van der Waals surface area contributed by atoms with Gasteiger partial charge in [-0.1, -0.05) is 24.0 Å². The summed E-state index contributed by atoms with van der Waals surface area (Å²) in [5, 5.41) is 10.9. The molecule has 0 saturated carbocycles. The van der Waals surface area contributed by atoms with Gasteiger partial charge in [0.1, 0.15) is 4.32 Å². The third-order valence-corrected chi connectivity index (χ3v) is 3.35. The molecule has 0 aliphatic rings. The highest BCUT2D eigenvalue weighted by Gasteiger charge is 2.15. The Morgan fingerprint density at radius 1 is 1.56 bits per heavy atom. The molecule has 4 nitrogen and oxygen atoms in total. The molecule has 1 atom stereocenters. The number of aliphatic hydroxyl groups is 1. The normalized spacial score (nSPS) is 12.1. The number of aliphatic hydroxyl groups excluding tert-OH is 1. The smallest absolute Gasteiger partial charge is 0.233 e. The topological polar surface area (TPSA) is 54.3 Å². The molecule has 0 spiro atoms. The van der Waals surface area contributed by atoms with E-state index in [1.54, 1.807) is 11.5 Å². The van der Waals surface area contributed by atoms with E-state index in [9.17, 15) is 4.79 Å². The molecule has 88 valence electrons. The molecule has 16 heavy (non-hydrogen) atoms. The van der Waals surface area contributed by atoms with E-state index in [0.717, 1.165) is 0 Å². The highest BCUT2D eigenvalue weighted by molar-refractivity contribution is 8.23. The summed E-state index contributed by atoms with van der Waals surface area (Å²) in [6, 6.07) is 3.76. The van der Waals surface area contributed by atoms with Gasteiger partial charge in [0, 0.05) is 18.9 Å². The number of amides is 1. The fourth-order valence-corrected chi connectivity index (χ4v) is 2.34. The lowest BCUT2D eigenvalue weighted by molar-refractivity contribution is -0.120. The minimum absolute atomic E-state index is 0.0504. The van der Waals surface area contributed by atoms with Crippen molar-refractivity contribution in [2.24, 2.45) is 0 Å². The monoisotopic (exact) mass is 258 g/mol. The largest absolute Gasteiger partial charge is 0.395 e. The molecular weight excluding hydrogens is 244 g/mol. The number of hydrogen-bond acceptors (Lipinski definition) is 4. The van der Waals surface area contributed by atoms with Crippen LogP contribution in [0.25, 0.3) is 0 Å². The number of hydrogen-bond donors (Lipinski definition) is 2. The zero-order chi connectivity index (χ0) is 12.0. The molecule has 0 saturated heterocycles. The SMILES string of the molecule is CC(SC(=S)n1cccc1)C(=O)NCCO. The van der Waals surface area contributed by atoms with Crippen LogP contribution in [0, 0.1) is 0 Å². The summed E-state index contributed by atoms with van der Waals surface area (Å²) in [5.41, 5.74) is 0. The van der Waals surface area contributed by atoms with Crippen molar-refractivity contribution in [1.82, 2.24) is 9.88 Å². The first-order valence-electron chi connectivity index (χ1n) is 4.87. The lowest BCUT2D eigenvalue weighted by atomic mass is 10.4. The Hall–Kier alpha value is -0.850. The maximum absolute atomic E-state index is 11.5. The van der Waals surface area contributed by atoms with E-state index in [2.05, 4.69) is 5.32 Å². The van der Waals surface area contributed by atoms with E-state index >= 15 is 0 Å². The summed E-state index contributed by atoms with van der Waals surface area (Å²) >= 11 is 6.50. The van der Waals surface area contributed by atoms with E-state index in [4.69, 9.17) is 17.3 Å². The van der Waals surface area contributed by atoms with Crippen LogP contribution < -0.4 is 5.32 Å². The maximum atomic E-state index is 11.5. The predicted octanol–water partition coefficient (Wildman–Crippen LogP) is 0.851. The Morgan fingerprint density at radius 3 is 2.75 bits per heavy atom. The fraction of sp³-hybridized carbons (Fsp3) is 0.400. The molecule has 0 aromatic carbocycles. The zero-order valence-corrected chi connectivity index (χ0v) is 10.6. The molecule has 0 radical (unpaired) electrons. The van der Waals surface area contributed by atoms with Crippen molar-refractivity contribution in [3.63, 3.8) is 0 Å². The molecule has 1 heterocycles. The van der Waals surface area contributed by atoms with Crippen LogP contribution in [0.1, 0.15) is 6.92 Å². The van der Waals surface area contributed by atoms with Crippen molar-refractivity contribution >= 4 is 34.2 Å². The third kappa shape index (κ3) is 3.96. The van der Waals surface area contributed by atoms with Gasteiger partial charge >= 0.3 is 0 Å². The van der Waals surface area contributed by atoms with Gasteiger partial charge in [-0.2, -0.15) is 0 Å². The number of aromatic nitrogens is 1. The van der Waals surface area contributed by atoms with Crippen molar-refractivity contribution in [2.45, 2.75) is 12.2 Å². The van der Waals surface area contributed by atoms with E-state index in [1.165, 1.54) is 11.8 Å². The Balaban J connectivity index is 2.42. The number of thioether (sulfide) groups is 1. The van der Waals surface area contributed by atoms with Crippen LogP contribution in [-0.4, -0.2) is 38.3 Å². The molecule has 6 heteroatoms. The Bertz CT molecular complexity index is 352. The molecule has 1 rings (SSSR count). The van der Waals surface area contributed by atoms with Gasteiger partial charge in [-0.25, -0.2) is 0 Å². The molecular formula is C10H14N2O2S2. The number of carbonyl (C=O) groups excluding carboxylic acids is 1. The first-order valence-corrected chi connectivity index (χ1v) is 6.16. The van der Waals surface area contributed by atoms with Gasteiger partial charge in [0.15, 0.2) is 0 Å². The zero-order valence-electron chi connectivity index (χ0n) is 8.92. The van der Waals surface area contributed by atoms with Crippen molar-refractivity contribution in [1.29, 1.82) is 0 Å². The molecule has 1 aromatic heterocycles. The van der Waals surface area contributed by atoms with Gasteiger partial charge < -0.3 is 15.0 Å². The van der Waals surface area contributed by atoms with Gasteiger partial charge in [-0.15, -0.1) is 0 Å². The van der Waals surface area contributed by atoms with E-state index in [-0.39, 0.29) is 24.3 Å². The van der Waals surface area contributed by atoms with Gasteiger partial charge in [0.25, 0.3) is 0 Å². The average molecular weight is 258 g/mol. The number of carbonyl (C=O) groups is 1. The summed E-state index contributed by atoms with van der Waals surface area (Å²) in [5.74, 6) is -0.117. The standard InChI is InChI=1S/C10H14N2O2S2/c1-8(9(14)11-4-7-13)16-10(15)12-5-2-3-6-12/h2-3,5-6,8,13H,4,7H2,1H3,(H,11,14). The van der Waals surface area contributed by atoms with Crippen molar-refractivity contribution in [3.8, 4) is 0 Å². The molecule has 0 aliphatic heterocycles. The number of rotatable bonds is 4. The molecule has 1 aromatic rings. The first-order chi connectivity index (χ1) is 7.65. The van der Waals surface area contributed by atoms with Crippen LogP contribution in [0.15, 0.2) is 24.5 Å². The number of nitrogens with zero attached hydrogens (tertiary/aromatic N) is 1. The summed E-state index contributed by atoms with van der Waals surface area (Å²) < 4.78 is 2.42. The van der Waals surface area contributed by atoms with Crippen LogP contribution in [0.2, 0.25) is 0 Å². The summed E-state index contributed by atoms with van der Waals surface area (Å²) in [4.78, 5) is 11.5. The van der Waals surface area contributed by atoms with E-state index < -0.39 is 0 Å². The second-order valence-corrected chi connectivity index (χ2v) is 5.11. The van der Waals surface area contributed by atoms with Gasteiger partial charge in [0.05, 0.1) is 11.9 Å². The minimum Gasteiger partial charge on any atom is -0.395 e. The second kappa shape index (κ2) is 6.67. The van der Waals surface area contributed by atoms with Crippen LogP contribution in [0.3, 0.4) is 0 Å². The van der Waals surface area contributed by atoms with E-state index in [1.807, 2.05) is 24.5 Å². The van der Waals surface area contributed by atoms with Gasteiger partial charge in [0.2, 0.25) is 5.91 Å². The predicted molar refractivity (Wildman–Crippen MR) is 69.6 cm³/mol. The molecule has 1 unspecified atom stereocenters. The fourth-order valence-electron chi connectivity index (χ4n) is 1.04.